The average molecular weight is 615 g/mol. The number of nitriles is 1. The van der Waals surface area contributed by atoms with E-state index in [-0.39, 0.29) is 40.8 Å². The molecule has 0 aromatic rings. The predicted octanol–water partition coefficient (Wildman–Crippen LogP) is 4.75. The Kier molecular flexibility index (Phi) is 13.8. The van der Waals surface area contributed by atoms with Gasteiger partial charge in [0.25, 0.3) is 0 Å². The number of guanidine groups is 1. The monoisotopic (exact) mass is 614 g/mol. The van der Waals surface area contributed by atoms with Crippen molar-refractivity contribution in [2.45, 2.75) is 155 Å². The molecular weight excluding hydrogens is 555 g/mol. The van der Waals surface area contributed by atoms with E-state index in [0.717, 1.165) is 51.4 Å². The number of unbranched alkanes of at least 4 members (excludes halogenated alkanes) is 8. The molecule has 4 fully saturated rings. The minimum absolute atomic E-state index is 0.0146. The second kappa shape index (κ2) is 16.8. The van der Waals surface area contributed by atoms with E-state index in [2.05, 4.69) is 56.3 Å². The molecule has 248 valence electrons. The molecule has 11 heteroatoms. The van der Waals surface area contributed by atoms with Crippen LogP contribution >= 0.6 is 0 Å². The van der Waals surface area contributed by atoms with Crippen LogP contribution in [0, 0.1) is 34.5 Å². The molecule has 1 heterocycles. The van der Waals surface area contributed by atoms with Gasteiger partial charge in [0.15, 0.2) is 5.96 Å². The highest BCUT2D eigenvalue weighted by molar-refractivity contribution is 6.48. The number of amides is 2. The van der Waals surface area contributed by atoms with E-state index < -0.39 is 13.2 Å². The first-order valence-corrected chi connectivity index (χ1v) is 17.2. The third kappa shape index (κ3) is 9.84. The van der Waals surface area contributed by atoms with E-state index in [1.807, 2.05) is 0 Å². The fourth-order valence-corrected chi connectivity index (χ4v) is 7.69. The number of nitrogens with zero attached hydrogens (tertiary/aromatic N) is 2. The van der Waals surface area contributed by atoms with Gasteiger partial charge < -0.3 is 31.4 Å². The summed E-state index contributed by atoms with van der Waals surface area (Å²) in [7, 11) is -0.518. The molecule has 2 bridgehead atoms. The second-order valence-corrected chi connectivity index (χ2v) is 14.6. The van der Waals surface area contributed by atoms with Crippen molar-refractivity contribution in [3.8, 4) is 6.07 Å². The van der Waals surface area contributed by atoms with E-state index >= 15 is 0 Å². The number of nitrogens with two attached hydrogens (primary N) is 2. The predicted molar refractivity (Wildman–Crippen MR) is 175 cm³/mol. The Balaban J connectivity index is 1.54. The maximum atomic E-state index is 13.7. The first kappa shape index (κ1) is 36.2. The SMILES string of the molecule is CC(C)C[C@H](NC(=O)[C@H](CCCN=C(N)N)NC(=O)CCCCCCCCCCC#N)B1O[C@@H]2C[C@@H]3C[C@@H](C3(C)C)[C@]2(C)O1. The third-order valence-electron chi connectivity index (χ3n) is 10.4. The zero-order chi connectivity index (χ0) is 32.3. The lowest BCUT2D eigenvalue weighted by molar-refractivity contribution is -0.199. The van der Waals surface area contributed by atoms with Crippen LogP contribution in [-0.4, -0.2) is 55.1 Å². The van der Waals surface area contributed by atoms with Crippen molar-refractivity contribution in [1.82, 2.24) is 10.6 Å². The molecule has 1 saturated heterocycles. The second-order valence-electron chi connectivity index (χ2n) is 14.6. The summed E-state index contributed by atoms with van der Waals surface area (Å²) in [5, 5.41) is 14.8. The molecule has 4 rings (SSSR count). The van der Waals surface area contributed by atoms with Crippen LogP contribution in [0.2, 0.25) is 0 Å². The minimum atomic E-state index is -0.689. The molecule has 2 amide bonds. The van der Waals surface area contributed by atoms with Gasteiger partial charge in [-0.1, -0.05) is 66.2 Å². The van der Waals surface area contributed by atoms with Crippen LogP contribution in [0.25, 0.3) is 0 Å². The normalized spacial score (nSPS) is 26.2. The Morgan fingerprint density at radius 2 is 1.66 bits per heavy atom. The van der Waals surface area contributed by atoms with Crippen molar-refractivity contribution in [2.75, 3.05) is 6.54 Å². The molecule has 10 nitrogen and oxygen atoms in total. The lowest BCUT2D eigenvalue weighted by Gasteiger charge is -2.64. The van der Waals surface area contributed by atoms with Crippen molar-refractivity contribution in [1.29, 1.82) is 5.26 Å². The van der Waals surface area contributed by atoms with Crippen molar-refractivity contribution < 1.29 is 18.9 Å². The molecule has 6 N–H and O–H groups in total. The topological polar surface area (TPSA) is 165 Å². The van der Waals surface area contributed by atoms with Crippen molar-refractivity contribution in [3.05, 3.63) is 0 Å². The minimum Gasteiger partial charge on any atom is -0.404 e. The molecule has 3 aliphatic carbocycles. The molecule has 44 heavy (non-hydrogen) atoms. The van der Waals surface area contributed by atoms with Crippen molar-refractivity contribution in [3.63, 3.8) is 0 Å². The molecule has 1 aliphatic heterocycles. The van der Waals surface area contributed by atoms with Gasteiger partial charge in [-0.05, 0) is 75.0 Å². The number of rotatable bonds is 20. The fraction of sp³-hybridized carbons (Fsp3) is 0.879. The van der Waals surface area contributed by atoms with Gasteiger partial charge >= 0.3 is 7.12 Å². The summed E-state index contributed by atoms with van der Waals surface area (Å²) < 4.78 is 13.3. The molecule has 0 aromatic heterocycles. The standard InChI is InChI=1S/C33H59BN6O4/c1-23(2)20-28(34-43-27-22-24-21-26(32(24,3)4)33(27,5)44-34)40-30(42)25(16-15-19-38-31(36)37)39-29(41)17-13-11-9-7-6-8-10-12-14-18-35/h23-28H,6-17,19-22H2,1-5H3,(H,39,41)(H,40,42)(H4,36,37,38)/t24-,25-,26-,27+,28-,33-/m0/s1. The number of carbonyl (C=O) groups excluding carboxylic acids is 2. The summed E-state index contributed by atoms with van der Waals surface area (Å²) in [6.07, 6.45) is 13.4. The van der Waals surface area contributed by atoms with Gasteiger partial charge in [-0.25, -0.2) is 0 Å². The van der Waals surface area contributed by atoms with Gasteiger partial charge in [-0.15, -0.1) is 0 Å². The zero-order valence-electron chi connectivity index (χ0n) is 28.0. The molecule has 4 aliphatic rings. The lowest BCUT2D eigenvalue weighted by Crippen LogP contribution is -2.65. The molecule has 0 unspecified atom stereocenters. The maximum absolute atomic E-state index is 13.7. The summed E-state index contributed by atoms with van der Waals surface area (Å²) in [6.45, 7) is 11.5. The van der Waals surface area contributed by atoms with Crippen molar-refractivity contribution >= 4 is 24.9 Å². The Bertz CT molecular complexity index is 1010. The quantitative estimate of drug-likeness (QED) is 0.0665. The number of carbonyl (C=O) groups is 2. The first-order chi connectivity index (χ1) is 20.9. The zero-order valence-corrected chi connectivity index (χ0v) is 28.0. The highest BCUT2D eigenvalue weighted by Gasteiger charge is 2.68. The number of aliphatic imine (C=N–C) groups is 1. The van der Waals surface area contributed by atoms with Crippen LogP contribution in [0.4, 0.5) is 0 Å². The Labute approximate surface area is 266 Å². The van der Waals surface area contributed by atoms with Gasteiger partial charge in [0.2, 0.25) is 11.8 Å². The highest BCUT2D eigenvalue weighted by Crippen LogP contribution is 2.65. The number of nitrogens with one attached hydrogen (secondary N) is 2. The van der Waals surface area contributed by atoms with Crippen LogP contribution in [0.15, 0.2) is 4.99 Å². The van der Waals surface area contributed by atoms with E-state index in [4.69, 9.17) is 26.0 Å². The maximum Gasteiger partial charge on any atom is 0.481 e. The van der Waals surface area contributed by atoms with Gasteiger partial charge in [0.1, 0.15) is 6.04 Å². The number of hydrogen-bond donors (Lipinski definition) is 4. The third-order valence-corrected chi connectivity index (χ3v) is 10.4. The molecule has 0 aromatic carbocycles. The highest BCUT2D eigenvalue weighted by atomic mass is 16.7. The Hall–Kier alpha value is -2.32. The smallest absolute Gasteiger partial charge is 0.404 e. The summed E-state index contributed by atoms with van der Waals surface area (Å²) in [5.41, 5.74) is 10.9. The molecule has 6 atom stereocenters. The van der Waals surface area contributed by atoms with Crippen LogP contribution in [0.3, 0.4) is 0 Å². The van der Waals surface area contributed by atoms with Crippen LogP contribution in [0.5, 0.6) is 0 Å². The Morgan fingerprint density at radius 3 is 2.27 bits per heavy atom. The molecule has 0 spiro atoms. The van der Waals surface area contributed by atoms with Crippen LogP contribution in [0.1, 0.15) is 131 Å². The Morgan fingerprint density at radius 1 is 1.00 bits per heavy atom. The lowest BCUT2D eigenvalue weighted by atomic mass is 9.43. The molecule has 3 saturated carbocycles. The summed E-state index contributed by atoms with van der Waals surface area (Å²) in [6, 6.07) is 1.50. The number of hydrogen-bond acceptors (Lipinski definition) is 6. The average Bonchev–Trinajstić information content (AvgIpc) is 3.32. The van der Waals surface area contributed by atoms with Gasteiger partial charge in [0, 0.05) is 19.4 Å². The van der Waals surface area contributed by atoms with E-state index in [1.165, 1.54) is 12.8 Å². The fourth-order valence-electron chi connectivity index (χ4n) is 7.69. The summed E-state index contributed by atoms with van der Waals surface area (Å²) in [4.78, 5) is 30.7. The van der Waals surface area contributed by atoms with Gasteiger partial charge in [-0.2, -0.15) is 5.26 Å². The molecular formula is C33H59BN6O4. The van der Waals surface area contributed by atoms with Crippen LogP contribution in [-0.2, 0) is 18.9 Å². The van der Waals surface area contributed by atoms with Crippen LogP contribution < -0.4 is 22.1 Å². The van der Waals surface area contributed by atoms with Gasteiger partial charge in [-0.3, -0.25) is 14.6 Å². The summed E-state index contributed by atoms with van der Waals surface area (Å²) in [5.74, 6) is 0.774. The van der Waals surface area contributed by atoms with E-state index in [9.17, 15) is 9.59 Å². The summed E-state index contributed by atoms with van der Waals surface area (Å²) >= 11 is 0. The van der Waals surface area contributed by atoms with Gasteiger partial charge in [0.05, 0.1) is 23.7 Å². The van der Waals surface area contributed by atoms with Crippen molar-refractivity contribution in [2.24, 2.45) is 39.6 Å². The first-order valence-electron chi connectivity index (χ1n) is 17.2. The van der Waals surface area contributed by atoms with E-state index in [0.29, 0.717) is 56.4 Å². The largest absolute Gasteiger partial charge is 0.481 e. The van der Waals surface area contributed by atoms with E-state index in [1.54, 1.807) is 0 Å². The molecule has 0 radical (unpaired) electrons.